The van der Waals surface area contributed by atoms with E-state index in [0.29, 0.717) is 18.1 Å². The number of hydrogen-bond donors (Lipinski definition) is 1. The van der Waals surface area contributed by atoms with Gasteiger partial charge in [0, 0.05) is 18.0 Å². The molecule has 1 saturated heterocycles. The van der Waals surface area contributed by atoms with E-state index in [0.717, 1.165) is 43.6 Å². The smallest absolute Gasteiger partial charge is 0.309 e. The first kappa shape index (κ1) is 28.7. The highest BCUT2D eigenvalue weighted by molar-refractivity contribution is 7.85. The van der Waals surface area contributed by atoms with Crippen molar-refractivity contribution in [2.45, 2.75) is 38.0 Å². The molecule has 1 aliphatic heterocycles. The molecule has 3 rings (SSSR count). The molecule has 35 heavy (non-hydrogen) atoms. The zero-order chi connectivity index (χ0) is 25.8. The molecule has 0 unspecified atom stereocenters. The summed E-state index contributed by atoms with van der Waals surface area (Å²) in [5.41, 5.74) is 1.92. The molecule has 0 aromatic heterocycles. The molecular formula is C26H32ClNO6S. The van der Waals surface area contributed by atoms with Gasteiger partial charge in [0.2, 0.25) is 0 Å². The fourth-order valence-electron chi connectivity index (χ4n) is 3.48. The van der Waals surface area contributed by atoms with Crippen LogP contribution in [-0.4, -0.2) is 55.9 Å². The summed E-state index contributed by atoms with van der Waals surface area (Å²) in [6.07, 6.45) is 5.55. The first-order chi connectivity index (χ1) is 16.6. The van der Waals surface area contributed by atoms with Crippen LogP contribution in [0, 0.1) is 12.8 Å². The summed E-state index contributed by atoms with van der Waals surface area (Å²) in [6, 6.07) is 13.4. The lowest BCUT2D eigenvalue weighted by Crippen LogP contribution is -2.37. The molecule has 0 atom stereocenters. The molecule has 0 saturated carbocycles. The summed E-state index contributed by atoms with van der Waals surface area (Å²) in [5.74, 6) is 0.0401. The average molecular weight is 522 g/mol. The molecule has 1 N–H and O–H groups in total. The minimum Gasteiger partial charge on any atom is -0.466 e. The first-order valence-electron chi connectivity index (χ1n) is 11.5. The van der Waals surface area contributed by atoms with Crippen LogP contribution in [-0.2, 0) is 24.4 Å². The largest absolute Gasteiger partial charge is 0.466 e. The van der Waals surface area contributed by atoms with Crippen molar-refractivity contribution < 1.29 is 27.3 Å². The molecule has 9 heteroatoms. The van der Waals surface area contributed by atoms with Gasteiger partial charge >= 0.3 is 5.97 Å². The molecule has 0 bridgehead atoms. The number of nitrogens with zero attached hydrogens (tertiary/aromatic N) is 1. The number of aryl methyl sites for hydroxylation is 1. The molecule has 0 spiro atoms. The lowest BCUT2D eigenvalue weighted by molar-refractivity contribution is -0.149. The second-order valence-corrected chi connectivity index (χ2v) is 10.1. The Morgan fingerprint density at radius 1 is 1.09 bits per heavy atom. The lowest BCUT2D eigenvalue weighted by atomic mass is 9.97. The van der Waals surface area contributed by atoms with Crippen LogP contribution in [0.15, 0.2) is 59.5 Å². The normalized spacial score (nSPS) is 14.9. The standard InChI is InChI=1S/C19H24ClNO3.C7H8O3S/c1-2-24-19(23)16-9-12-21(13-10-16)14-11-18(22)8-5-15-3-6-17(20)7-4-15;1-6-2-4-7(5-3-6)11(8,9)10/h3-8,16H,2,9-14H2,1H3;2-5H,1H3,(H,8,9,10)/b8-5+;. The Labute approximate surface area is 212 Å². The molecule has 2 aromatic rings. The van der Waals surface area contributed by atoms with Gasteiger partial charge in [-0.1, -0.05) is 47.5 Å². The Kier molecular flexibility index (Phi) is 11.6. The first-order valence-corrected chi connectivity index (χ1v) is 13.3. The summed E-state index contributed by atoms with van der Waals surface area (Å²) in [6.45, 7) is 6.53. The van der Waals surface area contributed by atoms with Crippen LogP contribution >= 0.6 is 11.6 Å². The van der Waals surface area contributed by atoms with E-state index in [4.69, 9.17) is 20.9 Å². The van der Waals surface area contributed by atoms with E-state index in [1.165, 1.54) is 12.1 Å². The Hall–Kier alpha value is -2.52. The molecule has 0 amide bonds. The third kappa shape index (κ3) is 10.7. The predicted octanol–water partition coefficient (Wildman–Crippen LogP) is 4.83. The topological polar surface area (TPSA) is 101 Å². The molecule has 0 radical (unpaired) electrons. The zero-order valence-electron chi connectivity index (χ0n) is 20.0. The molecule has 0 aliphatic carbocycles. The molecule has 7 nitrogen and oxygen atoms in total. The number of allylic oxidation sites excluding steroid dienone is 1. The number of halogens is 1. The highest BCUT2D eigenvalue weighted by Gasteiger charge is 2.25. The average Bonchev–Trinajstić information content (AvgIpc) is 2.83. The van der Waals surface area contributed by atoms with Crippen molar-refractivity contribution in [1.29, 1.82) is 0 Å². The minimum absolute atomic E-state index is 0.0155. The molecular weight excluding hydrogens is 490 g/mol. The van der Waals surface area contributed by atoms with E-state index in [1.54, 1.807) is 30.3 Å². The monoisotopic (exact) mass is 521 g/mol. The summed E-state index contributed by atoms with van der Waals surface area (Å²) in [5, 5.41) is 0.685. The van der Waals surface area contributed by atoms with Crippen molar-refractivity contribution in [1.82, 2.24) is 4.90 Å². The second kappa shape index (κ2) is 14.1. The Balaban J connectivity index is 0.000000328. The molecule has 1 heterocycles. The SMILES string of the molecule is CCOC(=O)C1CCN(CCC(=O)/C=C/c2ccc(Cl)cc2)CC1.Cc1ccc(S(=O)(=O)O)cc1. The van der Waals surface area contributed by atoms with Crippen LogP contribution in [0.5, 0.6) is 0 Å². The number of ether oxygens (including phenoxy) is 1. The Morgan fingerprint density at radius 2 is 1.69 bits per heavy atom. The fraction of sp³-hybridized carbons (Fsp3) is 0.385. The van der Waals surface area contributed by atoms with E-state index >= 15 is 0 Å². The third-order valence-electron chi connectivity index (χ3n) is 5.53. The van der Waals surface area contributed by atoms with Gasteiger partial charge in [0.25, 0.3) is 10.1 Å². The van der Waals surface area contributed by atoms with Crippen LogP contribution in [0.4, 0.5) is 0 Å². The van der Waals surface area contributed by atoms with Gasteiger partial charge in [-0.05, 0) is 75.7 Å². The maximum Gasteiger partial charge on any atom is 0.309 e. The third-order valence-corrected chi connectivity index (χ3v) is 6.65. The number of hydrogen-bond acceptors (Lipinski definition) is 6. The van der Waals surface area contributed by atoms with E-state index in [2.05, 4.69) is 4.90 Å². The van der Waals surface area contributed by atoms with Crippen molar-refractivity contribution >= 4 is 39.5 Å². The van der Waals surface area contributed by atoms with Gasteiger partial charge in [-0.3, -0.25) is 14.1 Å². The van der Waals surface area contributed by atoms with Crippen molar-refractivity contribution in [2.75, 3.05) is 26.2 Å². The number of likely N-dealkylation sites (tertiary alicyclic amines) is 1. The maximum absolute atomic E-state index is 12.0. The van der Waals surface area contributed by atoms with Crippen LogP contribution in [0.1, 0.15) is 37.3 Å². The van der Waals surface area contributed by atoms with E-state index < -0.39 is 10.1 Å². The van der Waals surface area contributed by atoms with E-state index in [-0.39, 0.29) is 22.6 Å². The quantitative estimate of drug-likeness (QED) is 0.301. The number of ketones is 1. The Morgan fingerprint density at radius 3 is 2.23 bits per heavy atom. The molecule has 1 fully saturated rings. The van der Waals surface area contributed by atoms with Gasteiger partial charge in [0.1, 0.15) is 0 Å². The van der Waals surface area contributed by atoms with E-state index in [9.17, 15) is 18.0 Å². The zero-order valence-corrected chi connectivity index (χ0v) is 21.6. The molecule has 1 aliphatic rings. The van der Waals surface area contributed by atoms with Gasteiger partial charge in [-0.25, -0.2) is 0 Å². The van der Waals surface area contributed by atoms with Crippen LogP contribution in [0.3, 0.4) is 0 Å². The van der Waals surface area contributed by atoms with E-state index in [1.807, 2.05) is 32.1 Å². The van der Waals surface area contributed by atoms with Crippen molar-refractivity contribution in [2.24, 2.45) is 5.92 Å². The van der Waals surface area contributed by atoms with Crippen molar-refractivity contribution in [3.8, 4) is 0 Å². The van der Waals surface area contributed by atoms with Crippen LogP contribution in [0.25, 0.3) is 6.08 Å². The minimum atomic E-state index is -4.02. The summed E-state index contributed by atoms with van der Waals surface area (Å²) in [7, 11) is -4.02. The highest BCUT2D eigenvalue weighted by Crippen LogP contribution is 2.19. The highest BCUT2D eigenvalue weighted by atomic mass is 35.5. The fourth-order valence-corrected chi connectivity index (χ4v) is 4.08. The number of carbonyl (C=O) groups is 2. The van der Waals surface area contributed by atoms with Crippen LogP contribution < -0.4 is 0 Å². The number of esters is 1. The molecule has 2 aromatic carbocycles. The van der Waals surface area contributed by atoms with Gasteiger partial charge in [0.05, 0.1) is 17.4 Å². The van der Waals surface area contributed by atoms with Crippen molar-refractivity contribution in [3.05, 3.63) is 70.8 Å². The maximum atomic E-state index is 12.0. The number of carbonyl (C=O) groups excluding carboxylic acids is 2. The van der Waals surface area contributed by atoms with Crippen LogP contribution in [0.2, 0.25) is 5.02 Å². The number of rotatable bonds is 8. The Bertz CT molecular complexity index is 1090. The summed E-state index contributed by atoms with van der Waals surface area (Å²) in [4.78, 5) is 25.8. The van der Waals surface area contributed by atoms with Gasteiger partial charge in [-0.2, -0.15) is 8.42 Å². The predicted molar refractivity (Wildman–Crippen MR) is 137 cm³/mol. The van der Waals surface area contributed by atoms with Crippen molar-refractivity contribution in [3.63, 3.8) is 0 Å². The summed E-state index contributed by atoms with van der Waals surface area (Å²) < 4.78 is 34.6. The number of benzene rings is 2. The number of piperidine rings is 1. The van der Waals surface area contributed by atoms with Gasteiger partial charge in [-0.15, -0.1) is 0 Å². The summed E-state index contributed by atoms with van der Waals surface area (Å²) >= 11 is 5.83. The van der Waals surface area contributed by atoms with Gasteiger partial charge < -0.3 is 9.64 Å². The lowest BCUT2D eigenvalue weighted by Gasteiger charge is -2.30. The van der Waals surface area contributed by atoms with Gasteiger partial charge in [0.15, 0.2) is 5.78 Å². The molecule has 190 valence electrons. The second-order valence-electron chi connectivity index (χ2n) is 8.26.